The topological polar surface area (TPSA) is 84.3 Å². The number of nitrogens with zero attached hydrogens (tertiary/aromatic N) is 5. The van der Waals surface area contributed by atoms with Gasteiger partial charge < -0.3 is 5.32 Å². The molecule has 160 valence electrons. The number of hydrogen-bond acceptors (Lipinski definition) is 5. The summed E-state index contributed by atoms with van der Waals surface area (Å²) in [6, 6.07) is 11.3. The molecule has 0 radical (unpaired) electrons. The Bertz CT molecular complexity index is 1410. The predicted molar refractivity (Wildman–Crippen MR) is 118 cm³/mol. The molecule has 0 unspecified atom stereocenters. The van der Waals surface area contributed by atoms with Crippen molar-refractivity contribution in [1.29, 1.82) is 0 Å². The van der Waals surface area contributed by atoms with Crippen LogP contribution in [0.15, 0.2) is 61.1 Å². The van der Waals surface area contributed by atoms with Gasteiger partial charge in [0.25, 0.3) is 0 Å². The highest BCUT2D eigenvalue weighted by atomic mass is 19.2. The number of halogens is 2. The van der Waals surface area contributed by atoms with E-state index in [9.17, 15) is 8.78 Å². The van der Waals surface area contributed by atoms with Gasteiger partial charge in [-0.2, -0.15) is 10.2 Å². The zero-order chi connectivity index (χ0) is 22.1. The van der Waals surface area contributed by atoms with Gasteiger partial charge in [0.05, 0.1) is 29.0 Å². The summed E-state index contributed by atoms with van der Waals surface area (Å²) in [4.78, 5) is 9.27. The van der Waals surface area contributed by atoms with Crippen molar-refractivity contribution in [3.8, 4) is 33.8 Å². The maximum atomic E-state index is 13.7. The predicted octanol–water partition coefficient (Wildman–Crippen LogP) is 4.05. The first-order valence-corrected chi connectivity index (χ1v) is 10.1. The number of pyridine rings is 2. The van der Waals surface area contributed by atoms with Gasteiger partial charge in [0.1, 0.15) is 5.69 Å². The molecule has 7 nitrogen and oxygen atoms in total. The monoisotopic (exact) mass is 431 g/mol. The average Bonchev–Trinajstić information content (AvgIpc) is 3.49. The van der Waals surface area contributed by atoms with E-state index < -0.39 is 11.6 Å². The molecule has 5 rings (SSSR count). The van der Waals surface area contributed by atoms with Crippen molar-refractivity contribution in [2.45, 2.75) is 6.54 Å². The molecule has 2 N–H and O–H groups in total. The molecule has 0 aliphatic carbocycles. The second-order valence-corrected chi connectivity index (χ2v) is 7.30. The molecule has 0 bridgehead atoms. The van der Waals surface area contributed by atoms with Gasteiger partial charge in [-0.15, -0.1) is 0 Å². The molecular weight excluding hydrogens is 412 g/mol. The van der Waals surface area contributed by atoms with Crippen LogP contribution in [0, 0.1) is 11.6 Å². The Kier molecular flexibility index (Phi) is 5.16. The van der Waals surface area contributed by atoms with Gasteiger partial charge in [0.15, 0.2) is 11.6 Å². The van der Waals surface area contributed by atoms with Crippen molar-refractivity contribution in [3.63, 3.8) is 0 Å². The molecule has 0 spiro atoms. The molecule has 4 aromatic heterocycles. The minimum Gasteiger partial charge on any atom is -0.318 e. The normalized spacial score (nSPS) is 11.3. The van der Waals surface area contributed by atoms with Crippen molar-refractivity contribution in [3.05, 3.63) is 72.7 Å². The van der Waals surface area contributed by atoms with Crippen molar-refractivity contribution in [2.75, 3.05) is 13.6 Å². The fraction of sp³-hybridized carbons (Fsp3) is 0.130. The Morgan fingerprint density at radius 3 is 2.72 bits per heavy atom. The number of H-pyrrole nitrogens is 1. The minimum absolute atomic E-state index is 0.459. The minimum atomic E-state index is -0.925. The summed E-state index contributed by atoms with van der Waals surface area (Å²) in [6.45, 7) is 1.60. The van der Waals surface area contributed by atoms with E-state index >= 15 is 0 Å². The number of aromatic amines is 1. The highest BCUT2D eigenvalue weighted by molar-refractivity contribution is 5.85. The first-order chi connectivity index (χ1) is 15.6. The Morgan fingerprint density at radius 1 is 0.969 bits per heavy atom. The number of rotatable bonds is 6. The second-order valence-electron chi connectivity index (χ2n) is 7.30. The van der Waals surface area contributed by atoms with Crippen LogP contribution >= 0.6 is 0 Å². The number of likely N-dealkylation sites (N-methyl/N-ethyl adjacent to an activating group) is 1. The number of aromatic nitrogens is 6. The van der Waals surface area contributed by atoms with E-state index in [1.165, 1.54) is 6.07 Å². The number of nitrogens with one attached hydrogen (secondary N) is 2. The first kappa shape index (κ1) is 20.0. The molecule has 0 aliphatic rings. The third-order valence-electron chi connectivity index (χ3n) is 5.17. The van der Waals surface area contributed by atoms with E-state index in [-0.39, 0.29) is 0 Å². The maximum Gasteiger partial charge on any atom is 0.159 e. The standard InChI is InChI=1S/C23H19F2N7/c1-26-7-9-32-8-6-19(31-32)15-11-22-21(27-12-15)5-4-20(29-22)16-13-28-30-23(16)14-2-3-17(24)18(25)10-14/h2-6,8,10-13,26H,7,9H2,1H3,(H,28,30). The molecule has 0 aliphatic heterocycles. The average molecular weight is 431 g/mol. The van der Waals surface area contributed by atoms with Crippen LogP contribution in [0.2, 0.25) is 0 Å². The lowest BCUT2D eigenvalue weighted by atomic mass is 10.0. The Balaban J connectivity index is 1.52. The zero-order valence-electron chi connectivity index (χ0n) is 17.2. The maximum absolute atomic E-state index is 13.7. The third-order valence-corrected chi connectivity index (χ3v) is 5.17. The summed E-state index contributed by atoms with van der Waals surface area (Å²) in [6.07, 6.45) is 5.39. The van der Waals surface area contributed by atoms with E-state index in [0.29, 0.717) is 28.0 Å². The van der Waals surface area contributed by atoms with Crippen molar-refractivity contribution in [2.24, 2.45) is 0 Å². The molecule has 0 saturated heterocycles. The van der Waals surface area contributed by atoms with Crippen LogP contribution in [0.4, 0.5) is 8.78 Å². The summed E-state index contributed by atoms with van der Waals surface area (Å²) < 4.78 is 29.0. The van der Waals surface area contributed by atoms with E-state index in [0.717, 1.165) is 42.0 Å². The molecule has 0 saturated carbocycles. The fourth-order valence-electron chi connectivity index (χ4n) is 3.51. The molecular formula is C23H19F2N7. The highest BCUT2D eigenvalue weighted by Crippen LogP contribution is 2.31. The summed E-state index contributed by atoms with van der Waals surface area (Å²) >= 11 is 0. The van der Waals surface area contributed by atoms with Crippen LogP contribution in [0.3, 0.4) is 0 Å². The summed E-state index contributed by atoms with van der Waals surface area (Å²) in [5.41, 5.74) is 5.38. The lowest BCUT2D eigenvalue weighted by Crippen LogP contribution is -2.15. The van der Waals surface area contributed by atoms with Crippen LogP contribution in [0.5, 0.6) is 0 Å². The van der Waals surface area contributed by atoms with Gasteiger partial charge in [0.2, 0.25) is 0 Å². The lowest BCUT2D eigenvalue weighted by Gasteiger charge is -2.06. The van der Waals surface area contributed by atoms with Gasteiger partial charge >= 0.3 is 0 Å². The first-order valence-electron chi connectivity index (χ1n) is 10.1. The lowest BCUT2D eigenvalue weighted by molar-refractivity contribution is 0.509. The molecule has 0 atom stereocenters. The summed E-state index contributed by atoms with van der Waals surface area (Å²) in [7, 11) is 1.90. The Labute approximate surface area is 182 Å². The second kappa shape index (κ2) is 8.27. The van der Waals surface area contributed by atoms with Crippen LogP contribution < -0.4 is 5.32 Å². The molecule has 0 amide bonds. The number of fused-ring (bicyclic) bond motifs is 1. The smallest absolute Gasteiger partial charge is 0.159 e. The highest BCUT2D eigenvalue weighted by Gasteiger charge is 2.15. The zero-order valence-corrected chi connectivity index (χ0v) is 17.2. The van der Waals surface area contributed by atoms with Crippen LogP contribution in [-0.2, 0) is 6.54 Å². The van der Waals surface area contributed by atoms with Gasteiger partial charge in [0, 0.05) is 41.8 Å². The quantitative estimate of drug-likeness (QED) is 0.424. The van der Waals surface area contributed by atoms with Gasteiger partial charge in [-0.3, -0.25) is 14.8 Å². The molecule has 4 heterocycles. The fourth-order valence-corrected chi connectivity index (χ4v) is 3.51. The molecule has 9 heteroatoms. The van der Waals surface area contributed by atoms with Crippen LogP contribution in [0.1, 0.15) is 0 Å². The molecule has 32 heavy (non-hydrogen) atoms. The molecule has 5 aromatic rings. The Morgan fingerprint density at radius 2 is 1.88 bits per heavy atom. The van der Waals surface area contributed by atoms with E-state index in [2.05, 4.69) is 25.6 Å². The van der Waals surface area contributed by atoms with Gasteiger partial charge in [-0.25, -0.2) is 13.8 Å². The molecule has 1 aromatic carbocycles. The van der Waals surface area contributed by atoms with E-state index in [1.807, 2.05) is 42.2 Å². The van der Waals surface area contributed by atoms with Gasteiger partial charge in [-0.1, -0.05) is 0 Å². The number of benzene rings is 1. The van der Waals surface area contributed by atoms with Crippen LogP contribution in [0.25, 0.3) is 44.8 Å². The largest absolute Gasteiger partial charge is 0.318 e. The SMILES string of the molecule is CNCCn1ccc(-c2cnc3ccc(-c4c[nH]nc4-c4ccc(F)c(F)c4)nc3c2)n1. The van der Waals surface area contributed by atoms with Crippen molar-refractivity contribution in [1.82, 2.24) is 35.3 Å². The van der Waals surface area contributed by atoms with Crippen molar-refractivity contribution < 1.29 is 8.78 Å². The summed E-state index contributed by atoms with van der Waals surface area (Å²) in [5, 5.41) is 14.7. The van der Waals surface area contributed by atoms with E-state index in [4.69, 9.17) is 4.98 Å². The Hall–Kier alpha value is -3.98. The summed E-state index contributed by atoms with van der Waals surface area (Å²) in [5.74, 6) is -1.83. The number of hydrogen-bond donors (Lipinski definition) is 2. The van der Waals surface area contributed by atoms with E-state index in [1.54, 1.807) is 12.4 Å². The molecule has 0 fully saturated rings. The van der Waals surface area contributed by atoms with Gasteiger partial charge in [-0.05, 0) is 49.5 Å². The van der Waals surface area contributed by atoms with Crippen molar-refractivity contribution >= 4 is 11.0 Å². The van der Waals surface area contributed by atoms with Crippen LogP contribution in [-0.4, -0.2) is 43.5 Å². The third kappa shape index (κ3) is 3.74.